The van der Waals surface area contributed by atoms with Crippen LogP contribution in [-0.2, 0) is 30.4 Å². The Morgan fingerprint density at radius 2 is 1.74 bits per heavy atom. The van der Waals surface area contributed by atoms with Crippen molar-refractivity contribution in [3.8, 4) is 5.75 Å². The van der Waals surface area contributed by atoms with Gasteiger partial charge in [-0.05, 0) is 25.6 Å². The highest BCUT2D eigenvalue weighted by Gasteiger charge is 2.68. The molecule has 0 radical (unpaired) electrons. The van der Waals surface area contributed by atoms with Gasteiger partial charge in [-0.1, -0.05) is 19.1 Å². The molecule has 1 saturated carbocycles. The first kappa shape index (κ1) is 29.7. The van der Waals surface area contributed by atoms with Gasteiger partial charge < -0.3 is 40.7 Å². The summed E-state index contributed by atoms with van der Waals surface area (Å²) in [6, 6.07) is 2.08. The molecule has 43 heavy (non-hydrogen) atoms. The quantitative estimate of drug-likeness (QED) is 0.250. The van der Waals surface area contributed by atoms with Gasteiger partial charge >= 0.3 is 0 Å². The number of piperidine rings is 1. The third kappa shape index (κ3) is 4.10. The number of amides is 1. The SMILES string of the molecule is C[C@H]1c2ccc(CN3CCC4(CC3)OCCO4)c(O)c2C(O)=C2C(=O)[C@]3(O)C(O)=C(C(N)=O)C(=O)[C@@H](N(C)C)[C@@H]3[C@@H](O)[C@@H]21. The average Bonchev–Trinajstić information content (AvgIpc) is 3.40. The first-order valence-corrected chi connectivity index (χ1v) is 14.4. The van der Waals surface area contributed by atoms with Gasteiger partial charge in [-0.2, -0.15) is 0 Å². The summed E-state index contributed by atoms with van der Waals surface area (Å²) in [5, 5.41) is 57.6. The Kier molecular flexibility index (Phi) is 6.99. The maximum Gasteiger partial charge on any atom is 0.255 e. The number of phenolic OH excluding ortho intramolecular Hbond substituents is 1. The zero-order chi connectivity index (χ0) is 31.2. The molecule has 1 aromatic carbocycles. The topological polar surface area (TPSA) is 203 Å². The van der Waals surface area contributed by atoms with E-state index in [0.717, 1.165) is 0 Å². The summed E-state index contributed by atoms with van der Waals surface area (Å²) in [5.74, 6) is -9.52. The minimum absolute atomic E-state index is 0.00979. The Hall–Kier alpha value is -3.33. The number of nitrogens with zero attached hydrogens (tertiary/aromatic N) is 2. The Bertz CT molecular complexity index is 1470. The fraction of sp³-hybridized carbons (Fsp3) is 0.567. The smallest absolute Gasteiger partial charge is 0.255 e. The number of aromatic hydroxyl groups is 1. The molecule has 3 fully saturated rings. The second kappa shape index (κ2) is 10.1. The lowest BCUT2D eigenvalue weighted by molar-refractivity contribution is -0.185. The third-order valence-electron chi connectivity index (χ3n) is 10.0. The van der Waals surface area contributed by atoms with Crippen molar-refractivity contribution in [1.82, 2.24) is 9.80 Å². The van der Waals surface area contributed by atoms with Gasteiger partial charge in [0.15, 0.2) is 17.2 Å². The summed E-state index contributed by atoms with van der Waals surface area (Å²) in [4.78, 5) is 43.1. The number of hydrogen-bond acceptors (Lipinski definition) is 12. The summed E-state index contributed by atoms with van der Waals surface area (Å²) < 4.78 is 11.6. The maximum absolute atomic E-state index is 14.1. The normalized spacial score (nSPS) is 34.0. The van der Waals surface area contributed by atoms with Crippen LogP contribution in [-0.4, -0.2) is 117 Å². The summed E-state index contributed by atoms with van der Waals surface area (Å²) in [6.45, 7) is 4.48. The van der Waals surface area contributed by atoms with E-state index in [1.807, 2.05) is 0 Å². The monoisotopic (exact) mass is 599 g/mol. The summed E-state index contributed by atoms with van der Waals surface area (Å²) in [5.41, 5.74) is 2.04. The van der Waals surface area contributed by atoms with Crippen LogP contribution in [0.3, 0.4) is 0 Å². The molecule has 0 aromatic heterocycles. The predicted molar refractivity (Wildman–Crippen MR) is 149 cm³/mol. The van der Waals surface area contributed by atoms with E-state index in [1.54, 1.807) is 19.1 Å². The number of hydrogen-bond donors (Lipinski definition) is 6. The lowest BCUT2D eigenvalue weighted by atomic mass is 9.54. The van der Waals surface area contributed by atoms with E-state index >= 15 is 0 Å². The van der Waals surface area contributed by atoms with Crippen LogP contribution in [0.4, 0.5) is 0 Å². The van der Waals surface area contributed by atoms with Gasteiger partial charge in [0, 0.05) is 49.5 Å². The first-order chi connectivity index (χ1) is 20.2. The van der Waals surface area contributed by atoms with Crippen molar-refractivity contribution in [2.24, 2.45) is 17.6 Å². The molecule has 1 aromatic rings. The molecule has 1 amide bonds. The number of likely N-dealkylation sites (N-methyl/N-ethyl adjacent to an activating group) is 1. The molecule has 2 saturated heterocycles. The van der Waals surface area contributed by atoms with Crippen molar-refractivity contribution in [1.29, 1.82) is 0 Å². The van der Waals surface area contributed by atoms with Gasteiger partial charge in [-0.25, -0.2) is 0 Å². The van der Waals surface area contributed by atoms with Crippen molar-refractivity contribution in [3.05, 3.63) is 45.7 Å². The number of benzene rings is 1. The predicted octanol–water partition coefficient (Wildman–Crippen LogP) is -0.165. The van der Waals surface area contributed by atoms with Crippen LogP contribution in [0.2, 0.25) is 0 Å². The second-order valence-corrected chi connectivity index (χ2v) is 12.5. The molecule has 5 aliphatic rings. The largest absolute Gasteiger partial charge is 0.508 e. The van der Waals surface area contributed by atoms with Gasteiger partial charge in [0.2, 0.25) is 5.78 Å². The Labute approximate surface area is 247 Å². The Morgan fingerprint density at radius 3 is 2.33 bits per heavy atom. The number of carbonyl (C=O) groups is 3. The van der Waals surface area contributed by atoms with E-state index in [4.69, 9.17) is 15.2 Å². The number of aliphatic hydroxyl groups excluding tert-OH is 3. The van der Waals surface area contributed by atoms with Crippen LogP contribution < -0.4 is 5.73 Å². The highest BCUT2D eigenvalue weighted by Crippen LogP contribution is 2.56. The molecule has 232 valence electrons. The number of carbonyl (C=O) groups excluding carboxylic acids is 3. The van der Waals surface area contributed by atoms with Crippen LogP contribution in [0, 0.1) is 11.8 Å². The number of ketones is 2. The van der Waals surface area contributed by atoms with Crippen LogP contribution in [0.15, 0.2) is 29.0 Å². The van der Waals surface area contributed by atoms with Crippen molar-refractivity contribution < 1.29 is 49.4 Å². The van der Waals surface area contributed by atoms with Crippen LogP contribution in [0.1, 0.15) is 42.4 Å². The lowest BCUT2D eigenvalue weighted by Gasteiger charge is -2.53. The number of nitrogens with two attached hydrogens (primary N) is 1. The van der Waals surface area contributed by atoms with Crippen LogP contribution in [0.25, 0.3) is 5.76 Å². The van der Waals surface area contributed by atoms with Gasteiger partial charge in [0.05, 0.1) is 36.8 Å². The summed E-state index contributed by atoms with van der Waals surface area (Å²) in [7, 11) is 2.94. The number of ether oxygens (including phenoxy) is 2. The molecule has 7 N–H and O–H groups in total. The molecule has 2 heterocycles. The second-order valence-electron chi connectivity index (χ2n) is 12.5. The van der Waals surface area contributed by atoms with Gasteiger partial charge in [-0.3, -0.25) is 24.2 Å². The van der Waals surface area contributed by atoms with E-state index < -0.39 is 81.4 Å². The third-order valence-corrected chi connectivity index (χ3v) is 10.0. The highest BCUT2D eigenvalue weighted by atomic mass is 16.7. The Balaban J connectivity index is 1.42. The first-order valence-electron chi connectivity index (χ1n) is 14.4. The van der Waals surface area contributed by atoms with Crippen molar-refractivity contribution in [2.75, 3.05) is 40.4 Å². The fourth-order valence-corrected chi connectivity index (χ4v) is 7.87. The zero-order valence-electron chi connectivity index (χ0n) is 24.2. The van der Waals surface area contributed by atoms with E-state index in [0.29, 0.717) is 56.8 Å². The molecule has 1 spiro atoms. The minimum Gasteiger partial charge on any atom is -0.508 e. The lowest BCUT2D eigenvalue weighted by Crippen LogP contribution is -2.70. The average molecular weight is 600 g/mol. The van der Waals surface area contributed by atoms with E-state index in [1.165, 1.54) is 19.0 Å². The molecule has 6 rings (SSSR count). The van der Waals surface area contributed by atoms with Crippen LogP contribution >= 0.6 is 0 Å². The minimum atomic E-state index is -2.94. The molecule has 2 aliphatic heterocycles. The van der Waals surface area contributed by atoms with E-state index in [9.17, 15) is 39.9 Å². The molecular weight excluding hydrogens is 562 g/mol. The summed E-state index contributed by atoms with van der Waals surface area (Å²) in [6.07, 6.45) is -0.294. The zero-order valence-corrected chi connectivity index (χ0v) is 24.2. The summed E-state index contributed by atoms with van der Waals surface area (Å²) >= 11 is 0. The molecule has 13 heteroatoms. The standard InChI is InChI=1S/C30H37N3O10/c1-13-15-5-4-14(12-33-8-6-29(7-9-33)42-10-11-43-29)22(34)17(15)23(35)18-16(13)24(36)20-21(32(2)3)25(37)19(28(31)40)27(39)30(20,41)26(18)38/h4-5,13,16,20-21,24,34-36,39,41H,6-12H2,1-3H3,(H2,31,40)/t13-,16+,20+,21-,24-,30-/m0/s1. The molecule has 13 nitrogen and oxygen atoms in total. The molecular formula is C30H37N3O10. The van der Waals surface area contributed by atoms with Crippen LogP contribution in [0.5, 0.6) is 5.75 Å². The van der Waals surface area contributed by atoms with Crippen molar-refractivity contribution >= 4 is 23.2 Å². The molecule has 0 unspecified atom stereocenters. The fourth-order valence-electron chi connectivity index (χ4n) is 7.87. The highest BCUT2D eigenvalue weighted by molar-refractivity contribution is 6.24. The number of phenols is 1. The number of Topliss-reactive ketones (excluding diaryl/α,β-unsaturated/α-hetero) is 2. The maximum atomic E-state index is 14.1. The van der Waals surface area contributed by atoms with Gasteiger partial charge in [-0.15, -0.1) is 0 Å². The van der Waals surface area contributed by atoms with Crippen molar-refractivity contribution in [2.45, 2.75) is 55.8 Å². The molecule has 3 aliphatic carbocycles. The Morgan fingerprint density at radius 1 is 1.12 bits per heavy atom. The number of rotatable bonds is 4. The van der Waals surface area contributed by atoms with E-state index in [-0.39, 0.29) is 11.3 Å². The number of primary amides is 1. The number of likely N-dealkylation sites (tertiary alicyclic amines) is 1. The van der Waals surface area contributed by atoms with E-state index in [2.05, 4.69) is 4.90 Å². The number of aliphatic hydroxyl groups is 4. The van der Waals surface area contributed by atoms with Crippen molar-refractivity contribution in [3.63, 3.8) is 0 Å². The van der Waals surface area contributed by atoms with Gasteiger partial charge in [0.1, 0.15) is 22.8 Å². The molecule has 6 atom stereocenters. The number of fused-ring (bicyclic) bond motifs is 3. The molecule has 0 bridgehead atoms. The van der Waals surface area contributed by atoms with Gasteiger partial charge in [0.25, 0.3) is 5.91 Å².